The van der Waals surface area contributed by atoms with Crippen LogP contribution in [0.1, 0.15) is 18.3 Å². The van der Waals surface area contributed by atoms with Gasteiger partial charge in [0.1, 0.15) is 12.6 Å². The molecule has 1 aliphatic heterocycles. The van der Waals surface area contributed by atoms with Crippen LogP contribution in [-0.4, -0.2) is 61.1 Å². The van der Waals surface area contributed by atoms with Gasteiger partial charge >= 0.3 is 5.97 Å². The van der Waals surface area contributed by atoms with Crippen LogP contribution in [-0.2, 0) is 16.2 Å². The molecule has 2 rings (SSSR count). The van der Waals surface area contributed by atoms with Gasteiger partial charge in [-0.2, -0.15) is 0 Å². The summed E-state index contributed by atoms with van der Waals surface area (Å²) in [5, 5.41) is 25.9. The van der Waals surface area contributed by atoms with Crippen molar-refractivity contribution in [3.8, 4) is 0 Å². The largest absolute Gasteiger partial charge is 0.481 e. The van der Waals surface area contributed by atoms with Gasteiger partial charge < -0.3 is 15.1 Å². The van der Waals surface area contributed by atoms with Gasteiger partial charge in [-0.1, -0.05) is 11.8 Å². The van der Waals surface area contributed by atoms with E-state index in [0.717, 1.165) is 11.8 Å². The monoisotopic (exact) mass is 286 g/mol. The fourth-order valence-electron chi connectivity index (χ4n) is 2.00. The second kappa shape index (κ2) is 5.57. The molecule has 1 unspecified atom stereocenters. The fraction of sp³-hybridized carbons (Fsp3) is 0.600. The first-order valence-electron chi connectivity index (χ1n) is 5.68. The van der Waals surface area contributed by atoms with Gasteiger partial charge in [0, 0.05) is 13.6 Å². The molecule has 1 saturated heterocycles. The summed E-state index contributed by atoms with van der Waals surface area (Å²) < 4.78 is 1.54. The van der Waals surface area contributed by atoms with Crippen molar-refractivity contribution in [1.82, 2.24) is 19.7 Å². The summed E-state index contributed by atoms with van der Waals surface area (Å²) in [6.07, 6.45) is 0.598. The van der Waals surface area contributed by atoms with Crippen molar-refractivity contribution in [2.75, 3.05) is 19.3 Å². The predicted octanol–water partition coefficient (Wildman–Crippen LogP) is -0.650. The normalized spacial score (nSPS) is 19.2. The molecule has 0 aromatic carbocycles. The Morgan fingerprint density at radius 3 is 2.79 bits per heavy atom. The van der Waals surface area contributed by atoms with Crippen molar-refractivity contribution in [3.63, 3.8) is 0 Å². The molecule has 1 aromatic heterocycles. The first kappa shape index (κ1) is 13.8. The zero-order valence-electron chi connectivity index (χ0n) is 10.3. The van der Waals surface area contributed by atoms with Crippen LogP contribution in [0.3, 0.4) is 0 Å². The zero-order valence-corrected chi connectivity index (χ0v) is 11.1. The number of amides is 1. The van der Waals surface area contributed by atoms with E-state index in [1.807, 2.05) is 0 Å². The van der Waals surface area contributed by atoms with Crippen LogP contribution in [0.15, 0.2) is 5.16 Å². The number of aliphatic hydroxyl groups is 1. The highest BCUT2D eigenvalue weighted by Crippen LogP contribution is 2.28. The molecule has 104 valence electrons. The molecule has 1 aliphatic rings. The van der Waals surface area contributed by atoms with Gasteiger partial charge in [-0.3, -0.25) is 14.2 Å². The number of likely N-dealkylation sites (N-methyl/N-ethyl adjacent to an activating group) is 1. The number of carboxylic acid groups (broad SMARTS) is 1. The summed E-state index contributed by atoms with van der Waals surface area (Å²) >= 11 is 0.989. The number of aromatic nitrogens is 3. The molecular weight excluding hydrogens is 272 g/mol. The Bertz CT molecular complexity index is 504. The standard InChI is InChI=1S/C10H14N4O4S/c1-13-3-2-6(9(13)18)14-7(4-15)11-12-10(14)19-5-8(16)17/h6,15H,2-5H2,1H3,(H,16,17). The topological polar surface area (TPSA) is 109 Å². The molecule has 9 heteroatoms. The summed E-state index contributed by atoms with van der Waals surface area (Å²) in [6, 6.07) is -0.460. The van der Waals surface area contributed by atoms with E-state index in [0.29, 0.717) is 18.1 Å². The maximum absolute atomic E-state index is 12.0. The Morgan fingerprint density at radius 1 is 1.53 bits per heavy atom. The molecular formula is C10H14N4O4S. The molecule has 8 nitrogen and oxygen atoms in total. The lowest BCUT2D eigenvalue weighted by Gasteiger charge is -2.15. The number of carbonyl (C=O) groups excluding carboxylic acids is 1. The highest BCUT2D eigenvalue weighted by Gasteiger charge is 2.34. The van der Waals surface area contributed by atoms with Gasteiger partial charge in [-0.15, -0.1) is 10.2 Å². The summed E-state index contributed by atoms with van der Waals surface area (Å²) in [5.74, 6) is -0.937. The lowest BCUT2D eigenvalue weighted by atomic mass is 10.2. The van der Waals surface area contributed by atoms with E-state index in [2.05, 4.69) is 10.2 Å². The van der Waals surface area contributed by atoms with E-state index in [9.17, 15) is 14.7 Å². The third kappa shape index (κ3) is 2.71. The number of carboxylic acids is 1. The number of carbonyl (C=O) groups is 2. The first-order valence-corrected chi connectivity index (χ1v) is 6.67. The highest BCUT2D eigenvalue weighted by molar-refractivity contribution is 7.99. The van der Waals surface area contributed by atoms with Crippen molar-refractivity contribution in [1.29, 1.82) is 0 Å². The molecule has 19 heavy (non-hydrogen) atoms. The molecule has 2 heterocycles. The van der Waals surface area contributed by atoms with Crippen LogP contribution in [0.25, 0.3) is 0 Å². The number of aliphatic hydroxyl groups excluding tert-OH is 1. The maximum Gasteiger partial charge on any atom is 0.313 e. The van der Waals surface area contributed by atoms with Crippen LogP contribution in [0, 0.1) is 0 Å². The van der Waals surface area contributed by atoms with E-state index in [1.165, 1.54) is 0 Å². The molecule has 0 spiro atoms. The molecule has 0 bridgehead atoms. The quantitative estimate of drug-likeness (QED) is 0.692. The summed E-state index contributed by atoms with van der Waals surface area (Å²) in [6.45, 7) is 0.281. The Hall–Kier alpha value is -1.61. The SMILES string of the molecule is CN1CCC(n2c(CO)nnc2SCC(=O)O)C1=O. The zero-order chi connectivity index (χ0) is 14.0. The number of aliphatic carboxylic acids is 1. The third-order valence-corrected chi connectivity index (χ3v) is 3.84. The van der Waals surface area contributed by atoms with E-state index in [4.69, 9.17) is 5.11 Å². The fourth-order valence-corrected chi connectivity index (χ4v) is 2.72. The smallest absolute Gasteiger partial charge is 0.313 e. The average molecular weight is 286 g/mol. The molecule has 1 fully saturated rings. The summed E-state index contributed by atoms with van der Waals surface area (Å²) in [7, 11) is 1.70. The lowest BCUT2D eigenvalue weighted by molar-refractivity contribution is -0.134. The highest BCUT2D eigenvalue weighted by atomic mass is 32.2. The van der Waals surface area contributed by atoms with Crippen molar-refractivity contribution in [3.05, 3.63) is 5.82 Å². The number of hydrogen-bond donors (Lipinski definition) is 2. The number of likely N-dealkylation sites (tertiary alicyclic amines) is 1. The summed E-state index contributed by atoms with van der Waals surface area (Å²) in [5.41, 5.74) is 0. The van der Waals surface area contributed by atoms with Crippen LogP contribution >= 0.6 is 11.8 Å². The predicted molar refractivity (Wildman–Crippen MR) is 65.6 cm³/mol. The number of thioether (sulfide) groups is 1. The lowest BCUT2D eigenvalue weighted by Crippen LogP contribution is -2.26. The first-order chi connectivity index (χ1) is 9.04. The molecule has 2 N–H and O–H groups in total. The van der Waals surface area contributed by atoms with Crippen molar-refractivity contribution in [2.45, 2.75) is 24.2 Å². The van der Waals surface area contributed by atoms with Gasteiger partial charge in [0.15, 0.2) is 11.0 Å². The maximum atomic E-state index is 12.0. The number of nitrogens with zero attached hydrogens (tertiary/aromatic N) is 4. The second-order valence-corrected chi connectivity index (χ2v) is 5.12. The number of hydrogen-bond acceptors (Lipinski definition) is 6. The van der Waals surface area contributed by atoms with Crippen LogP contribution in [0.5, 0.6) is 0 Å². The molecule has 1 amide bonds. The van der Waals surface area contributed by atoms with Gasteiger partial charge in [0.05, 0.1) is 5.75 Å². The van der Waals surface area contributed by atoms with Crippen molar-refractivity contribution in [2.24, 2.45) is 0 Å². The van der Waals surface area contributed by atoms with E-state index in [-0.39, 0.29) is 24.1 Å². The van der Waals surface area contributed by atoms with Crippen LogP contribution in [0.4, 0.5) is 0 Å². The van der Waals surface area contributed by atoms with Gasteiger partial charge in [-0.05, 0) is 6.42 Å². The van der Waals surface area contributed by atoms with Crippen molar-refractivity contribution < 1.29 is 19.8 Å². The summed E-state index contributed by atoms with van der Waals surface area (Å²) in [4.78, 5) is 24.2. The van der Waals surface area contributed by atoms with Gasteiger partial charge in [0.2, 0.25) is 5.91 Å². The van der Waals surface area contributed by atoms with E-state index >= 15 is 0 Å². The van der Waals surface area contributed by atoms with Crippen LogP contribution < -0.4 is 0 Å². The Balaban J connectivity index is 2.28. The third-order valence-electron chi connectivity index (χ3n) is 2.91. The average Bonchev–Trinajstić information content (AvgIpc) is 2.92. The Morgan fingerprint density at radius 2 is 2.26 bits per heavy atom. The molecule has 1 aromatic rings. The second-order valence-electron chi connectivity index (χ2n) is 4.17. The van der Waals surface area contributed by atoms with Crippen LogP contribution in [0.2, 0.25) is 0 Å². The Kier molecular flexibility index (Phi) is 4.05. The van der Waals surface area contributed by atoms with Gasteiger partial charge in [-0.25, -0.2) is 0 Å². The molecule has 0 radical (unpaired) electrons. The minimum atomic E-state index is -0.972. The minimum Gasteiger partial charge on any atom is -0.481 e. The number of rotatable bonds is 5. The minimum absolute atomic E-state index is 0.0772. The van der Waals surface area contributed by atoms with E-state index in [1.54, 1.807) is 16.5 Å². The van der Waals surface area contributed by atoms with Crippen molar-refractivity contribution >= 4 is 23.6 Å². The molecule has 0 aliphatic carbocycles. The van der Waals surface area contributed by atoms with E-state index < -0.39 is 12.0 Å². The Labute approximate surface area is 113 Å². The molecule has 0 saturated carbocycles. The molecule has 1 atom stereocenters. The van der Waals surface area contributed by atoms with Gasteiger partial charge in [0.25, 0.3) is 0 Å².